The van der Waals surface area contributed by atoms with Gasteiger partial charge >= 0.3 is 0 Å². The van der Waals surface area contributed by atoms with Gasteiger partial charge in [-0.25, -0.2) is 4.98 Å². The van der Waals surface area contributed by atoms with Crippen LogP contribution in [-0.2, 0) is 0 Å². The second-order valence-corrected chi connectivity index (χ2v) is 6.60. The SMILES string of the molecule is CN1CCCC(CNc2nccn2C2CCCCC2)C1. The lowest BCUT2D eigenvalue weighted by Crippen LogP contribution is -2.35. The topological polar surface area (TPSA) is 33.1 Å². The van der Waals surface area contributed by atoms with Gasteiger partial charge in [0.15, 0.2) is 0 Å². The smallest absolute Gasteiger partial charge is 0.203 e. The van der Waals surface area contributed by atoms with Crippen LogP contribution in [0.25, 0.3) is 0 Å². The van der Waals surface area contributed by atoms with Crippen LogP contribution in [0.15, 0.2) is 12.4 Å². The summed E-state index contributed by atoms with van der Waals surface area (Å²) in [5, 5.41) is 3.61. The fourth-order valence-corrected chi connectivity index (χ4v) is 3.78. The Morgan fingerprint density at radius 2 is 2.05 bits per heavy atom. The summed E-state index contributed by atoms with van der Waals surface area (Å²) in [5.41, 5.74) is 0. The fourth-order valence-electron chi connectivity index (χ4n) is 3.78. The predicted octanol–water partition coefficient (Wildman–Crippen LogP) is 3.14. The van der Waals surface area contributed by atoms with E-state index in [4.69, 9.17) is 0 Å². The summed E-state index contributed by atoms with van der Waals surface area (Å²) in [4.78, 5) is 6.98. The van der Waals surface area contributed by atoms with Crippen LogP contribution in [0.1, 0.15) is 51.0 Å². The number of nitrogens with one attached hydrogen (secondary N) is 1. The van der Waals surface area contributed by atoms with Crippen molar-refractivity contribution in [2.24, 2.45) is 5.92 Å². The molecule has 3 rings (SSSR count). The Kier molecular flexibility index (Phi) is 4.61. The Balaban J connectivity index is 1.56. The maximum absolute atomic E-state index is 4.53. The first-order valence-electron chi connectivity index (χ1n) is 8.28. The van der Waals surface area contributed by atoms with Crippen molar-refractivity contribution >= 4 is 5.95 Å². The quantitative estimate of drug-likeness (QED) is 0.917. The van der Waals surface area contributed by atoms with Crippen LogP contribution in [0.5, 0.6) is 0 Å². The number of likely N-dealkylation sites (tertiary alicyclic amines) is 1. The highest BCUT2D eigenvalue weighted by molar-refractivity contribution is 5.27. The zero-order chi connectivity index (χ0) is 13.8. The molecule has 1 aromatic heterocycles. The number of imidazole rings is 1. The van der Waals surface area contributed by atoms with Crippen LogP contribution in [0.3, 0.4) is 0 Å². The van der Waals surface area contributed by atoms with Gasteiger partial charge in [-0.2, -0.15) is 0 Å². The molecule has 1 aliphatic heterocycles. The molecule has 4 heteroatoms. The van der Waals surface area contributed by atoms with E-state index in [0.29, 0.717) is 6.04 Å². The molecule has 1 atom stereocenters. The molecule has 20 heavy (non-hydrogen) atoms. The third kappa shape index (κ3) is 3.35. The van der Waals surface area contributed by atoms with Crippen LogP contribution < -0.4 is 5.32 Å². The molecule has 1 aromatic rings. The lowest BCUT2D eigenvalue weighted by atomic mass is 9.95. The molecule has 1 N–H and O–H groups in total. The zero-order valence-corrected chi connectivity index (χ0v) is 12.7. The summed E-state index contributed by atoms with van der Waals surface area (Å²) in [6, 6.07) is 0.669. The Morgan fingerprint density at radius 1 is 1.20 bits per heavy atom. The van der Waals surface area contributed by atoms with E-state index in [1.807, 2.05) is 6.20 Å². The maximum atomic E-state index is 4.53. The first kappa shape index (κ1) is 13.9. The highest BCUT2D eigenvalue weighted by Crippen LogP contribution is 2.30. The fraction of sp³-hybridized carbons (Fsp3) is 0.812. The van der Waals surface area contributed by atoms with Crippen molar-refractivity contribution in [1.29, 1.82) is 0 Å². The van der Waals surface area contributed by atoms with Gasteiger partial charge in [0.1, 0.15) is 0 Å². The second kappa shape index (κ2) is 6.61. The average molecular weight is 276 g/mol. The Hall–Kier alpha value is -1.03. The number of hydrogen-bond acceptors (Lipinski definition) is 3. The van der Waals surface area contributed by atoms with Gasteiger partial charge in [0.2, 0.25) is 5.95 Å². The standard InChI is InChI=1S/C16H28N4/c1-19-10-5-6-14(13-19)12-18-16-17-9-11-20(16)15-7-3-2-4-8-15/h9,11,14-15H,2-8,10,12-13H2,1H3,(H,17,18). The summed E-state index contributed by atoms with van der Waals surface area (Å²) >= 11 is 0. The summed E-state index contributed by atoms with van der Waals surface area (Å²) in [5.74, 6) is 1.86. The molecule has 2 heterocycles. The molecule has 1 saturated carbocycles. The average Bonchev–Trinajstić information content (AvgIpc) is 2.95. The van der Waals surface area contributed by atoms with E-state index in [-0.39, 0.29) is 0 Å². The molecule has 0 bridgehead atoms. The van der Waals surface area contributed by atoms with Crippen molar-refractivity contribution in [3.63, 3.8) is 0 Å². The number of nitrogens with zero attached hydrogens (tertiary/aromatic N) is 3. The molecule has 4 nitrogen and oxygen atoms in total. The minimum absolute atomic E-state index is 0.669. The number of aromatic nitrogens is 2. The zero-order valence-electron chi connectivity index (χ0n) is 12.7. The van der Waals surface area contributed by atoms with Crippen molar-refractivity contribution in [2.45, 2.75) is 51.0 Å². The van der Waals surface area contributed by atoms with Gasteiger partial charge in [-0.3, -0.25) is 0 Å². The van der Waals surface area contributed by atoms with Crippen molar-refractivity contribution < 1.29 is 0 Å². The van der Waals surface area contributed by atoms with Crippen molar-refractivity contribution in [3.05, 3.63) is 12.4 Å². The molecular weight excluding hydrogens is 248 g/mol. The third-order valence-electron chi connectivity index (χ3n) is 4.91. The van der Waals surface area contributed by atoms with E-state index in [0.717, 1.165) is 18.4 Å². The van der Waals surface area contributed by atoms with Gasteiger partial charge in [0, 0.05) is 31.5 Å². The van der Waals surface area contributed by atoms with Crippen LogP contribution >= 0.6 is 0 Å². The lowest BCUT2D eigenvalue weighted by molar-refractivity contribution is 0.217. The minimum Gasteiger partial charge on any atom is -0.355 e. The van der Waals surface area contributed by atoms with Gasteiger partial charge in [-0.1, -0.05) is 19.3 Å². The Morgan fingerprint density at radius 3 is 2.85 bits per heavy atom. The largest absolute Gasteiger partial charge is 0.355 e. The molecule has 1 saturated heterocycles. The highest BCUT2D eigenvalue weighted by atomic mass is 15.2. The van der Waals surface area contributed by atoms with Crippen molar-refractivity contribution in [1.82, 2.24) is 14.5 Å². The minimum atomic E-state index is 0.669. The number of rotatable bonds is 4. The van der Waals surface area contributed by atoms with E-state index in [9.17, 15) is 0 Å². The first-order valence-corrected chi connectivity index (χ1v) is 8.28. The van der Waals surface area contributed by atoms with Crippen LogP contribution in [0, 0.1) is 5.92 Å². The Bertz CT molecular complexity index is 408. The van der Waals surface area contributed by atoms with E-state index in [1.54, 1.807) is 0 Å². The number of anilines is 1. The third-order valence-corrected chi connectivity index (χ3v) is 4.91. The molecular formula is C16H28N4. The molecule has 0 spiro atoms. The monoisotopic (exact) mass is 276 g/mol. The predicted molar refractivity (Wildman–Crippen MR) is 83.1 cm³/mol. The van der Waals surface area contributed by atoms with E-state index < -0.39 is 0 Å². The van der Waals surface area contributed by atoms with Gasteiger partial charge in [0.25, 0.3) is 0 Å². The molecule has 0 amide bonds. The molecule has 112 valence electrons. The Labute approximate surface area is 122 Å². The summed E-state index contributed by atoms with van der Waals surface area (Å²) in [7, 11) is 2.23. The van der Waals surface area contributed by atoms with E-state index in [1.165, 1.54) is 58.0 Å². The summed E-state index contributed by atoms with van der Waals surface area (Å²) < 4.78 is 2.38. The van der Waals surface area contributed by atoms with Gasteiger partial charge in [-0.05, 0) is 45.2 Å². The second-order valence-electron chi connectivity index (χ2n) is 6.60. The molecule has 1 unspecified atom stereocenters. The van der Waals surface area contributed by atoms with Gasteiger partial charge in [0.05, 0.1) is 0 Å². The molecule has 0 radical (unpaired) electrons. The van der Waals surface area contributed by atoms with Crippen molar-refractivity contribution in [3.8, 4) is 0 Å². The van der Waals surface area contributed by atoms with Crippen molar-refractivity contribution in [2.75, 3.05) is 32.0 Å². The van der Waals surface area contributed by atoms with Crippen LogP contribution in [0.4, 0.5) is 5.95 Å². The molecule has 1 aliphatic carbocycles. The van der Waals surface area contributed by atoms with Gasteiger partial charge in [-0.15, -0.1) is 0 Å². The number of hydrogen-bond donors (Lipinski definition) is 1. The van der Waals surface area contributed by atoms with Gasteiger partial charge < -0.3 is 14.8 Å². The molecule has 2 aliphatic rings. The highest BCUT2D eigenvalue weighted by Gasteiger charge is 2.20. The normalized spacial score (nSPS) is 25.8. The first-order chi connectivity index (χ1) is 9.83. The summed E-state index contributed by atoms with van der Waals surface area (Å²) in [6.07, 6.45) is 13.6. The van der Waals surface area contributed by atoms with E-state index >= 15 is 0 Å². The van der Waals surface area contributed by atoms with Crippen LogP contribution in [0.2, 0.25) is 0 Å². The summed E-state index contributed by atoms with van der Waals surface area (Å²) in [6.45, 7) is 3.54. The molecule has 0 aromatic carbocycles. The van der Waals surface area contributed by atoms with Crippen LogP contribution in [-0.4, -0.2) is 41.1 Å². The number of piperidine rings is 1. The lowest BCUT2D eigenvalue weighted by Gasteiger charge is -2.30. The molecule has 2 fully saturated rings. The van der Waals surface area contributed by atoms with E-state index in [2.05, 4.69) is 33.0 Å². The maximum Gasteiger partial charge on any atom is 0.203 e.